The van der Waals surface area contributed by atoms with Crippen LogP contribution in [-0.2, 0) is 20.1 Å². The zero-order valence-corrected chi connectivity index (χ0v) is 12.2. The van der Waals surface area contributed by atoms with Gasteiger partial charge in [0, 0.05) is 31.4 Å². The monoisotopic (exact) mass is 293 g/mol. The highest BCUT2D eigenvalue weighted by Crippen LogP contribution is 2.39. The van der Waals surface area contributed by atoms with Gasteiger partial charge in [-0.05, 0) is 24.6 Å². The Hall–Kier alpha value is -1.72. The van der Waals surface area contributed by atoms with Gasteiger partial charge in [-0.2, -0.15) is 5.10 Å². The molecule has 2 aromatic rings. The van der Waals surface area contributed by atoms with Crippen LogP contribution in [0.5, 0.6) is 11.5 Å². The third-order valence-electron chi connectivity index (χ3n) is 3.47. The van der Waals surface area contributed by atoms with E-state index in [0.29, 0.717) is 23.1 Å². The second-order valence-corrected chi connectivity index (χ2v) is 5.20. The molecule has 106 valence electrons. The molecule has 6 heteroatoms. The van der Waals surface area contributed by atoms with E-state index in [1.54, 1.807) is 0 Å². The maximum Gasteiger partial charge on any atom is 0.231 e. The number of fused-ring (bicyclic) bond motifs is 1. The fraction of sp³-hybridized carbons (Fsp3) is 0.357. The zero-order chi connectivity index (χ0) is 14.1. The minimum atomic E-state index is 0.237. The highest BCUT2D eigenvalue weighted by Gasteiger charge is 2.18. The van der Waals surface area contributed by atoms with E-state index in [2.05, 4.69) is 17.3 Å². The number of nitrogens with zero attached hydrogens (tertiary/aromatic N) is 2. The average Bonchev–Trinajstić information content (AvgIpc) is 3.00. The molecule has 0 radical (unpaired) electrons. The molecule has 1 aromatic heterocycles. The van der Waals surface area contributed by atoms with Gasteiger partial charge < -0.3 is 14.8 Å². The largest absolute Gasteiger partial charge is 0.454 e. The van der Waals surface area contributed by atoms with Crippen LogP contribution in [0, 0.1) is 6.92 Å². The normalized spacial score (nSPS) is 12.9. The predicted molar refractivity (Wildman–Crippen MR) is 76.1 cm³/mol. The summed E-state index contributed by atoms with van der Waals surface area (Å²) in [5.74, 6) is 1.35. The van der Waals surface area contributed by atoms with Gasteiger partial charge in [0.05, 0.1) is 11.2 Å². The van der Waals surface area contributed by atoms with E-state index < -0.39 is 0 Å². The zero-order valence-electron chi connectivity index (χ0n) is 11.4. The van der Waals surface area contributed by atoms with Crippen molar-refractivity contribution >= 4 is 11.6 Å². The summed E-state index contributed by atoms with van der Waals surface area (Å²) in [6, 6.07) is 3.86. The third-order valence-corrected chi connectivity index (χ3v) is 3.75. The third kappa shape index (κ3) is 2.46. The van der Waals surface area contributed by atoms with Crippen LogP contribution in [0.25, 0.3) is 0 Å². The molecule has 0 fully saturated rings. The molecule has 0 unspecified atom stereocenters. The van der Waals surface area contributed by atoms with Crippen LogP contribution in [0.15, 0.2) is 18.3 Å². The molecule has 1 aromatic carbocycles. The predicted octanol–water partition coefficient (Wildman–Crippen LogP) is 2.40. The molecule has 0 bridgehead atoms. The van der Waals surface area contributed by atoms with E-state index >= 15 is 0 Å². The second-order valence-electron chi connectivity index (χ2n) is 4.79. The molecule has 0 amide bonds. The molecule has 1 aliphatic heterocycles. The number of halogens is 1. The van der Waals surface area contributed by atoms with Crippen molar-refractivity contribution in [1.82, 2.24) is 15.1 Å². The maximum atomic E-state index is 6.15. The minimum Gasteiger partial charge on any atom is -0.454 e. The number of aromatic nitrogens is 2. The number of nitrogens with one attached hydrogen (secondary N) is 1. The van der Waals surface area contributed by atoms with Crippen molar-refractivity contribution in [3.05, 3.63) is 40.2 Å². The van der Waals surface area contributed by atoms with Crippen LogP contribution < -0.4 is 14.8 Å². The van der Waals surface area contributed by atoms with Crippen LogP contribution in [0.2, 0.25) is 5.02 Å². The van der Waals surface area contributed by atoms with Crippen LogP contribution in [0.3, 0.4) is 0 Å². The molecular formula is C14H16ClN3O2. The smallest absolute Gasteiger partial charge is 0.231 e. The Kier molecular flexibility index (Phi) is 3.54. The highest BCUT2D eigenvalue weighted by atomic mass is 35.5. The molecule has 1 N–H and O–H groups in total. The van der Waals surface area contributed by atoms with Crippen molar-refractivity contribution in [3.8, 4) is 11.5 Å². The molecule has 0 saturated carbocycles. The summed E-state index contributed by atoms with van der Waals surface area (Å²) in [5, 5.41) is 8.20. The van der Waals surface area contributed by atoms with Crippen molar-refractivity contribution in [2.75, 3.05) is 6.79 Å². The van der Waals surface area contributed by atoms with Crippen molar-refractivity contribution in [2.24, 2.45) is 7.05 Å². The van der Waals surface area contributed by atoms with Crippen LogP contribution >= 0.6 is 11.6 Å². The lowest BCUT2D eigenvalue weighted by Gasteiger charge is -2.07. The number of benzene rings is 1. The number of hydrogen-bond donors (Lipinski definition) is 1. The number of ether oxygens (including phenoxy) is 2. The SMILES string of the molecule is Cc1c(CNCc2cc(Cl)c3c(c2)OCO3)cnn1C. The second kappa shape index (κ2) is 5.34. The van der Waals surface area contributed by atoms with Gasteiger partial charge in [-0.3, -0.25) is 4.68 Å². The van der Waals surface area contributed by atoms with E-state index in [1.807, 2.05) is 30.1 Å². The lowest BCUT2D eigenvalue weighted by atomic mass is 10.2. The summed E-state index contributed by atoms with van der Waals surface area (Å²) in [6.07, 6.45) is 1.88. The Balaban J connectivity index is 1.64. The van der Waals surface area contributed by atoms with Crippen LogP contribution in [-0.4, -0.2) is 16.6 Å². The van der Waals surface area contributed by atoms with Crippen LogP contribution in [0.1, 0.15) is 16.8 Å². The van der Waals surface area contributed by atoms with E-state index in [1.165, 1.54) is 11.3 Å². The van der Waals surface area contributed by atoms with E-state index in [9.17, 15) is 0 Å². The van der Waals surface area contributed by atoms with E-state index in [4.69, 9.17) is 21.1 Å². The summed E-state index contributed by atoms with van der Waals surface area (Å²) < 4.78 is 12.5. The number of rotatable bonds is 4. The highest BCUT2D eigenvalue weighted by molar-refractivity contribution is 6.32. The molecule has 5 nitrogen and oxygen atoms in total. The number of hydrogen-bond acceptors (Lipinski definition) is 4. The molecule has 1 aliphatic rings. The molecule has 0 atom stereocenters. The van der Waals surface area contributed by atoms with Gasteiger partial charge >= 0.3 is 0 Å². The summed E-state index contributed by atoms with van der Waals surface area (Å²) in [4.78, 5) is 0. The topological polar surface area (TPSA) is 48.3 Å². The van der Waals surface area contributed by atoms with E-state index in [0.717, 1.165) is 12.1 Å². The van der Waals surface area contributed by atoms with Gasteiger partial charge in [0.15, 0.2) is 11.5 Å². The Morgan fingerprint density at radius 3 is 2.95 bits per heavy atom. The van der Waals surface area contributed by atoms with Gasteiger partial charge in [-0.15, -0.1) is 0 Å². The molecule has 0 spiro atoms. The minimum absolute atomic E-state index is 0.237. The molecular weight excluding hydrogens is 278 g/mol. The molecule has 0 saturated heterocycles. The quantitative estimate of drug-likeness (QED) is 0.940. The summed E-state index contributed by atoms with van der Waals surface area (Å²) >= 11 is 6.15. The molecule has 2 heterocycles. The first-order chi connectivity index (χ1) is 9.65. The summed E-state index contributed by atoms with van der Waals surface area (Å²) in [5.41, 5.74) is 3.43. The van der Waals surface area contributed by atoms with Gasteiger partial charge in [0.25, 0.3) is 0 Å². The van der Waals surface area contributed by atoms with E-state index in [-0.39, 0.29) is 6.79 Å². The summed E-state index contributed by atoms with van der Waals surface area (Å²) in [6.45, 7) is 3.78. The van der Waals surface area contributed by atoms with Crippen molar-refractivity contribution < 1.29 is 9.47 Å². The maximum absolute atomic E-state index is 6.15. The molecule has 3 rings (SSSR count). The Bertz CT molecular complexity index is 640. The van der Waals surface area contributed by atoms with Crippen molar-refractivity contribution in [1.29, 1.82) is 0 Å². The molecule has 20 heavy (non-hydrogen) atoms. The van der Waals surface area contributed by atoms with Crippen LogP contribution in [0.4, 0.5) is 0 Å². The lowest BCUT2D eigenvalue weighted by Crippen LogP contribution is -2.13. The average molecular weight is 294 g/mol. The first-order valence-electron chi connectivity index (χ1n) is 6.41. The Morgan fingerprint density at radius 1 is 1.35 bits per heavy atom. The van der Waals surface area contributed by atoms with Gasteiger partial charge in [0.1, 0.15) is 0 Å². The first kappa shape index (κ1) is 13.3. The standard InChI is InChI=1S/C14H16ClN3O2/c1-9-11(7-17-18(9)2)6-16-5-10-3-12(15)14-13(4-10)19-8-20-14/h3-4,7,16H,5-6,8H2,1-2H3. The van der Waals surface area contributed by atoms with Crippen molar-refractivity contribution in [3.63, 3.8) is 0 Å². The molecule has 0 aliphatic carbocycles. The van der Waals surface area contributed by atoms with Gasteiger partial charge in [0.2, 0.25) is 6.79 Å². The van der Waals surface area contributed by atoms with Gasteiger partial charge in [-0.1, -0.05) is 11.6 Å². The lowest BCUT2D eigenvalue weighted by molar-refractivity contribution is 0.174. The Morgan fingerprint density at radius 2 is 2.20 bits per heavy atom. The fourth-order valence-electron chi connectivity index (χ4n) is 2.18. The van der Waals surface area contributed by atoms with Crippen molar-refractivity contribution in [2.45, 2.75) is 20.0 Å². The summed E-state index contributed by atoms with van der Waals surface area (Å²) in [7, 11) is 1.94. The Labute approximate surface area is 122 Å². The fourth-order valence-corrected chi connectivity index (χ4v) is 2.47. The first-order valence-corrected chi connectivity index (χ1v) is 6.79. The van der Waals surface area contributed by atoms with Gasteiger partial charge in [-0.25, -0.2) is 0 Å². The number of aryl methyl sites for hydroxylation is 1.